The molecule has 0 amide bonds. The van der Waals surface area contributed by atoms with E-state index >= 15 is 0 Å². The number of anilines is 2. The molecule has 3 aromatic rings. The number of aryl methyl sites for hydroxylation is 1. The molecule has 0 spiro atoms. The minimum atomic E-state index is 0.656. The first kappa shape index (κ1) is 18.3. The SMILES string of the molecule is CCCCc1ccc(Nc2nc(SCc3ccc(OC)cc3)n[nH]2)cc1. The van der Waals surface area contributed by atoms with Gasteiger partial charge in [-0.25, -0.2) is 5.10 Å². The summed E-state index contributed by atoms with van der Waals surface area (Å²) in [7, 11) is 1.67. The molecule has 0 saturated heterocycles. The van der Waals surface area contributed by atoms with Crippen molar-refractivity contribution in [3.05, 3.63) is 59.7 Å². The highest BCUT2D eigenvalue weighted by molar-refractivity contribution is 7.98. The Kier molecular flexibility index (Phi) is 6.55. The first-order valence-electron chi connectivity index (χ1n) is 8.81. The van der Waals surface area contributed by atoms with Crippen LogP contribution in [0.2, 0.25) is 0 Å². The molecule has 0 fully saturated rings. The van der Waals surface area contributed by atoms with Crippen LogP contribution in [0.4, 0.5) is 11.6 Å². The lowest BCUT2D eigenvalue weighted by atomic mass is 10.1. The van der Waals surface area contributed by atoms with Crippen molar-refractivity contribution in [2.45, 2.75) is 37.1 Å². The molecule has 5 nitrogen and oxygen atoms in total. The molecule has 2 N–H and O–H groups in total. The number of hydrogen-bond acceptors (Lipinski definition) is 5. The van der Waals surface area contributed by atoms with Gasteiger partial charge in [-0.05, 0) is 48.2 Å². The van der Waals surface area contributed by atoms with E-state index in [1.54, 1.807) is 18.9 Å². The van der Waals surface area contributed by atoms with Gasteiger partial charge in [0.2, 0.25) is 11.1 Å². The summed E-state index contributed by atoms with van der Waals surface area (Å²) in [6.07, 6.45) is 3.57. The van der Waals surface area contributed by atoms with Crippen LogP contribution in [0.3, 0.4) is 0 Å². The van der Waals surface area contributed by atoms with Gasteiger partial charge in [0.1, 0.15) is 5.75 Å². The van der Waals surface area contributed by atoms with Gasteiger partial charge in [0.25, 0.3) is 0 Å². The average molecular weight is 369 g/mol. The fourth-order valence-corrected chi connectivity index (χ4v) is 3.26. The van der Waals surface area contributed by atoms with E-state index in [0.29, 0.717) is 5.95 Å². The molecule has 0 saturated carbocycles. The highest BCUT2D eigenvalue weighted by Gasteiger charge is 2.05. The Morgan fingerprint density at radius 1 is 1.04 bits per heavy atom. The van der Waals surface area contributed by atoms with Gasteiger partial charge in [0, 0.05) is 11.4 Å². The molecule has 2 aromatic carbocycles. The second kappa shape index (κ2) is 9.29. The van der Waals surface area contributed by atoms with E-state index in [2.05, 4.69) is 63.8 Å². The Morgan fingerprint density at radius 2 is 1.77 bits per heavy atom. The average Bonchev–Trinajstić information content (AvgIpc) is 3.13. The summed E-state index contributed by atoms with van der Waals surface area (Å²) in [5.41, 5.74) is 3.58. The van der Waals surface area contributed by atoms with Gasteiger partial charge < -0.3 is 10.1 Å². The lowest BCUT2D eigenvalue weighted by Gasteiger charge is -2.04. The molecular formula is C20H24N4OS. The van der Waals surface area contributed by atoms with Gasteiger partial charge in [-0.2, -0.15) is 4.98 Å². The molecule has 3 rings (SSSR count). The second-order valence-corrected chi connectivity index (χ2v) is 6.97. The summed E-state index contributed by atoms with van der Waals surface area (Å²) in [6.45, 7) is 2.21. The van der Waals surface area contributed by atoms with E-state index < -0.39 is 0 Å². The van der Waals surface area contributed by atoms with Gasteiger partial charge in [-0.15, -0.1) is 5.10 Å². The number of nitrogens with zero attached hydrogens (tertiary/aromatic N) is 2. The molecule has 0 aliphatic rings. The summed E-state index contributed by atoms with van der Waals surface area (Å²) in [5.74, 6) is 2.33. The van der Waals surface area contributed by atoms with Gasteiger partial charge >= 0.3 is 0 Å². The zero-order valence-electron chi connectivity index (χ0n) is 15.2. The Hall–Kier alpha value is -2.47. The molecule has 0 aliphatic heterocycles. The predicted molar refractivity (Wildman–Crippen MR) is 107 cm³/mol. The topological polar surface area (TPSA) is 62.8 Å². The summed E-state index contributed by atoms with van der Waals surface area (Å²) >= 11 is 1.60. The summed E-state index contributed by atoms with van der Waals surface area (Å²) < 4.78 is 5.17. The molecule has 0 aliphatic carbocycles. The predicted octanol–water partition coefficient (Wildman–Crippen LogP) is 5.19. The van der Waals surface area contributed by atoms with E-state index in [-0.39, 0.29) is 0 Å². The number of benzene rings is 2. The van der Waals surface area contributed by atoms with Crippen molar-refractivity contribution in [1.29, 1.82) is 0 Å². The molecule has 0 unspecified atom stereocenters. The summed E-state index contributed by atoms with van der Waals surface area (Å²) in [6, 6.07) is 16.5. The van der Waals surface area contributed by atoms with E-state index in [1.807, 2.05) is 12.1 Å². The number of methoxy groups -OCH3 is 1. The molecule has 6 heteroatoms. The molecule has 26 heavy (non-hydrogen) atoms. The van der Waals surface area contributed by atoms with Crippen molar-refractivity contribution in [2.75, 3.05) is 12.4 Å². The third kappa shape index (κ3) is 5.26. The zero-order valence-corrected chi connectivity index (χ0v) is 16.0. The minimum Gasteiger partial charge on any atom is -0.497 e. The molecule has 0 bridgehead atoms. The second-order valence-electron chi connectivity index (χ2n) is 6.03. The zero-order chi connectivity index (χ0) is 18.2. The number of ether oxygens (including phenoxy) is 1. The van der Waals surface area contributed by atoms with Crippen molar-refractivity contribution in [2.24, 2.45) is 0 Å². The molecule has 1 aromatic heterocycles. The highest BCUT2D eigenvalue weighted by atomic mass is 32.2. The van der Waals surface area contributed by atoms with Crippen LogP contribution in [0.25, 0.3) is 0 Å². The minimum absolute atomic E-state index is 0.656. The Bertz CT molecular complexity index is 799. The normalized spacial score (nSPS) is 10.7. The van der Waals surface area contributed by atoms with Crippen molar-refractivity contribution in [3.63, 3.8) is 0 Å². The van der Waals surface area contributed by atoms with E-state index in [0.717, 1.165) is 28.8 Å². The number of aromatic nitrogens is 3. The smallest absolute Gasteiger partial charge is 0.223 e. The van der Waals surface area contributed by atoms with Crippen molar-refractivity contribution in [3.8, 4) is 5.75 Å². The van der Waals surface area contributed by atoms with Crippen molar-refractivity contribution < 1.29 is 4.74 Å². The van der Waals surface area contributed by atoms with Crippen molar-refractivity contribution in [1.82, 2.24) is 15.2 Å². The first-order chi connectivity index (χ1) is 12.8. The maximum Gasteiger partial charge on any atom is 0.223 e. The van der Waals surface area contributed by atoms with Gasteiger partial charge in [0.15, 0.2) is 0 Å². The maximum absolute atomic E-state index is 5.17. The third-order valence-electron chi connectivity index (χ3n) is 4.03. The Labute approximate surface area is 158 Å². The van der Waals surface area contributed by atoms with Crippen LogP contribution in [0.1, 0.15) is 30.9 Å². The number of unbranched alkanes of at least 4 members (excludes halogenated alkanes) is 1. The van der Waals surface area contributed by atoms with Crippen LogP contribution in [-0.4, -0.2) is 22.3 Å². The quantitative estimate of drug-likeness (QED) is 0.509. The molecule has 1 heterocycles. The van der Waals surface area contributed by atoms with Gasteiger partial charge in [-0.3, -0.25) is 0 Å². The van der Waals surface area contributed by atoms with E-state index in [1.165, 1.54) is 24.0 Å². The Balaban J connectivity index is 1.52. The number of H-pyrrole nitrogens is 1. The largest absolute Gasteiger partial charge is 0.497 e. The van der Waals surface area contributed by atoms with Crippen LogP contribution in [0.15, 0.2) is 53.7 Å². The lowest BCUT2D eigenvalue weighted by Crippen LogP contribution is -1.93. The van der Waals surface area contributed by atoms with E-state index in [4.69, 9.17) is 4.74 Å². The number of thioether (sulfide) groups is 1. The number of aromatic amines is 1. The number of rotatable bonds is 9. The van der Waals surface area contributed by atoms with E-state index in [9.17, 15) is 0 Å². The summed E-state index contributed by atoms with van der Waals surface area (Å²) in [5, 5.41) is 11.2. The maximum atomic E-state index is 5.17. The van der Waals surface area contributed by atoms with Crippen molar-refractivity contribution >= 4 is 23.4 Å². The highest BCUT2D eigenvalue weighted by Crippen LogP contribution is 2.23. The molecule has 0 radical (unpaired) electrons. The van der Waals surface area contributed by atoms with Crippen LogP contribution in [0, 0.1) is 0 Å². The van der Waals surface area contributed by atoms with Gasteiger partial charge in [-0.1, -0.05) is 49.4 Å². The van der Waals surface area contributed by atoms with Crippen LogP contribution in [0.5, 0.6) is 5.75 Å². The lowest BCUT2D eigenvalue weighted by molar-refractivity contribution is 0.414. The molecular weight excluding hydrogens is 344 g/mol. The monoisotopic (exact) mass is 368 g/mol. The number of nitrogens with one attached hydrogen (secondary N) is 2. The molecule has 0 atom stereocenters. The first-order valence-corrected chi connectivity index (χ1v) is 9.79. The third-order valence-corrected chi connectivity index (χ3v) is 4.95. The van der Waals surface area contributed by atoms with Crippen LogP contribution < -0.4 is 10.1 Å². The fourth-order valence-electron chi connectivity index (χ4n) is 2.51. The van der Waals surface area contributed by atoms with Crippen LogP contribution >= 0.6 is 11.8 Å². The summed E-state index contributed by atoms with van der Waals surface area (Å²) in [4.78, 5) is 4.49. The fraction of sp³-hybridized carbons (Fsp3) is 0.300. The van der Waals surface area contributed by atoms with Crippen LogP contribution in [-0.2, 0) is 12.2 Å². The molecule has 136 valence electrons. The standard InChI is InChI=1S/C20H24N4OS/c1-3-4-5-15-6-10-17(11-7-15)21-19-22-20(24-23-19)26-14-16-8-12-18(25-2)13-9-16/h6-13H,3-5,14H2,1-2H3,(H2,21,22,23,24). The van der Waals surface area contributed by atoms with Gasteiger partial charge in [0.05, 0.1) is 7.11 Å². The Morgan fingerprint density at radius 3 is 2.46 bits per heavy atom. The number of hydrogen-bond donors (Lipinski definition) is 2.